The largest absolute Gasteiger partial charge is 0.480 e. The van der Waals surface area contributed by atoms with Crippen LogP contribution in [-0.4, -0.2) is 60.8 Å². The van der Waals surface area contributed by atoms with Crippen LogP contribution in [0.4, 0.5) is 0 Å². The standard InChI is InChI=1S/C17H26N2O5S/c1-5-19(6-2)25(23,24)15-9-7-8-14(10-15)17(22)18(11-13(3)4)12-16(20)21/h7-10,13H,5-6,11-12H2,1-4H3,(H,20,21). The molecule has 0 aliphatic carbocycles. The maximum absolute atomic E-state index is 12.7. The van der Waals surface area contributed by atoms with E-state index in [1.807, 2.05) is 13.8 Å². The zero-order valence-corrected chi connectivity index (χ0v) is 15.9. The number of nitrogens with zero attached hydrogens (tertiary/aromatic N) is 2. The molecule has 0 aliphatic heterocycles. The van der Waals surface area contributed by atoms with Crippen molar-refractivity contribution in [3.63, 3.8) is 0 Å². The summed E-state index contributed by atoms with van der Waals surface area (Å²) in [4.78, 5) is 24.9. The molecule has 8 heteroatoms. The van der Waals surface area contributed by atoms with Crippen molar-refractivity contribution >= 4 is 21.9 Å². The van der Waals surface area contributed by atoms with Crippen LogP contribution in [0.25, 0.3) is 0 Å². The van der Waals surface area contributed by atoms with Crippen LogP contribution in [0.5, 0.6) is 0 Å². The Bertz CT molecular complexity index is 712. The number of hydrogen-bond donors (Lipinski definition) is 1. The van der Waals surface area contributed by atoms with Gasteiger partial charge in [0.25, 0.3) is 5.91 Å². The minimum absolute atomic E-state index is 0.0295. The first kappa shape index (κ1) is 21.1. The van der Waals surface area contributed by atoms with Gasteiger partial charge in [-0.15, -0.1) is 0 Å². The van der Waals surface area contributed by atoms with Crippen molar-refractivity contribution in [1.29, 1.82) is 0 Å². The SMILES string of the molecule is CCN(CC)S(=O)(=O)c1cccc(C(=O)N(CC(=O)O)CC(C)C)c1. The van der Waals surface area contributed by atoms with Gasteiger partial charge in [-0.05, 0) is 24.1 Å². The number of amides is 1. The Morgan fingerprint density at radius 3 is 2.24 bits per heavy atom. The molecule has 1 aromatic rings. The Morgan fingerprint density at radius 1 is 1.16 bits per heavy atom. The fourth-order valence-electron chi connectivity index (χ4n) is 2.51. The molecule has 0 saturated heterocycles. The Morgan fingerprint density at radius 2 is 1.76 bits per heavy atom. The summed E-state index contributed by atoms with van der Waals surface area (Å²) in [5.74, 6) is -1.51. The van der Waals surface area contributed by atoms with Crippen molar-refractivity contribution in [2.75, 3.05) is 26.2 Å². The molecule has 25 heavy (non-hydrogen) atoms. The molecule has 1 rings (SSSR count). The monoisotopic (exact) mass is 370 g/mol. The quantitative estimate of drug-likeness (QED) is 0.716. The highest BCUT2D eigenvalue weighted by atomic mass is 32.2. The molecule has 0 heterocycles. The van der Waals surface area contributed by atoms with Crippen molar-refractivity contribution in [2.45, 2.75) is 32.6 Å². The first-order chi connectivity index (χ1) is 11.6. The van der Waals surface area contributed by atoms with Crippen LogP contribution >= 0.6 is 0 Å². The van der Waals surface area contributed by atoms with E-state index in [9.17, 15) is 18.0 Å². The second-order valence-corrected chi connectivity index (χ2v) is 8.03. The average molecular weight is 370 g/mol. The van der Waals surface area contributed by atoms with Crippen LogP contribution < -0.4 is 0 Å². The molecule has 140 valence electrons. The van der Waals surface area contributed by atoms with Gasteiger partial charge in [-0.3, -0.25) is 9.59 Å². The van der Waals surface area contributed by atoms with E-state index in [1.54, 1.807) is 13.8 Å². The lowest BCUT2D eigenvalue weighted by molar-refractivity contribution is -0.137. The Hall–Kier alpha value is -1.93. The van der Waals surface area contributed by atoms with Gasteiger partial charge in [0.05, 0.1) is 4.90 Å². The van der Waals surface area contributed by atoms with E-state index >= 15 is 0 Å². The summed E-state index contributed by atoms with van der Waals surface area (Å²) in [5.41, 5.74) is 0.162. The minimum Gasteiger partial charge on any atom is -0.480 e. The summed E-state index contributed by atoms with van der Waals surface area (Å²) in [6, 6.07) is 5.75. The maximum Gasteiger partial charge on any atom is 0.323 e. The number of benzene rings is 1. The number of carbonyl (C=O) groups is 2. The third-order valence-electron chi connectivity index (χ3n) is 3.62. The second-order valence-electron chi connectivity index (χ2n) is 6.09. The van der Waals surface area contributed by atoms with Crippen LogP contribution in [-0.2, 0) is 14.8 Å². The van der Waals surface area contributed by atoms with Crippen molar-refractivity contribution in [1.82, 2.24) is 9.21 Å². The maximum atomic E-state index is 12.7. The zero-order valence-electron chi connectivity index (χ0n) is 15.1. The molecule has 0 fully saturated rings. The van der Waals surface area contributed by atoms with E-state index < -0.39 is 28.4 Å². The van der Waals surface area contributed by atoms with Gasteiger partial charge in [0.2, 0.25) is 10.0 Å². The predicted octanol–water partition coefficient (Wildman–Crippen LogP) is 1.90. The molecule has 0 saturated carbocycles. The normalized spacial score (nSPS) is 11.8. The number of carboxylic acid groups (broad SMARTS) is 1. The van der Waals surface area contributed by atoms with Gasteiger partial charge >= 0.3 is 5.97 Å². The van der Waals surface area contributed by atoms with Gasteiger partial charge < -0.3 is 10.0 Å². The Kier molecular flexibility index (Phi) is 7.57. The topological polar surface area (TPSA) is 95.0 Å². The second kappa shape index (κ2) is 8.96. The van der Waals surface area contributed by atoms with Crippen LogP contribution in [0.2, 0.25) is 0 Å². The lowest BCUT2D eigenvalue weighted by Crippen LogP contribution is -2.38. The fraction of sp³-hybridized carbons (Fsp3) is 0.529. The first-order valence-electron chi connectivity index (χ1n) is 8.24. The molecule has 0 unspecified atom stereocenters. The summed E-state index contributed by atoms with van der Waals surface area (Å²) in [7, 11) is -3.68. The lowest BCUT2D eigenvalue weighted by Gasteiger charge is -2.23. The van der Waals surface area contributed by atoms with Crippen LogP contribution in [0, 0.1) is 5.92 Å². The lowest BCUT2D eigenvalue weighted by atomic mass is 10.1. The van der Waals surface area contributed by atoms with Gasteiger partial charge in [0.1, 0.15) is 6.54 Å². The molecule has 7 nitrogen and oxygen atoms in total. The molecular formula is C17H26N2O5S. The molecule has 0 aromatic heterocycles. The van der Waals surface area contributed by atoms with E-state index in [1.165, 1.54) is 33.5 Å². The van der Waals surface area contributed by atoms with E-state index in [-0.39, 0.29) is 22.9 Å². The predicted molar refractivity (Wildman–Crippen MR) is 94.9 cm³/mol. The van der Waals surface area contributed by atoms with Gasteiger partial charge in [0.15, 0.2) is 0 Å². The number of rotatable bonds is 9. The van der Waals surface area contributed by atoms with E-state index in [0.717, 1.165) is 0 Å². The molecule has 1 aromatic carbocycles. The fourth-order valence-corrected chi connectivity index (χ4v) is 4.01. The summed E-state index contributed by atoms with van der Waals surface area (Å²) in [5, 5.41) is 9.02. The molecule has 0 bridgehead atoms. The van der Waals surface area contributed by atoms with Crippen molar-refractivity contribution in [2.24, 2.45) is 5.92 Å². The van der Waals surface area contributed by atoms with Crippen molar-refractivity contribution < 1.29 is 23.1 Å². The molecule has 0 aliphatic rings. The van der Waals surface area contributed by atoms with Gasteiger partial charge in [-0.1, -0.05) is 33.8 Å². The summed E-state index contributed by atoms with van der Waals surface area (Å²) >= 11 is 0. The number of hydrogen-bond acceptors (Lipinski definition) is 4. The van der Waals surface area contributed by atoms with Crippen LogP contribution in [0.15, 0.2) is 29.2 Å². The van der Waals surface area contributed by atoms with Gasteiger partial charge in [-0.2, -0.15) is 4.31 Å². The molecule has 1 N–H and O–H groups in total. The smallest absolute Gasteiger partial charge is 0.323 e. The number of sulfonamides is 1. The van der Waals surface area contributed by atoms with E-state index in [2.05, 4.69) is 0 Å². The van der Waals surface area contributed by atoms with Crippen molar-refractivity contribution in [3.05, 3.63) is 29.8 Å². The first-order valence-corrected chi connectivity index (χ1v) is 9.68. The van der Waals surface area contributed by atoms with Crippen molar-refractivity contribution in [3.8, 4) is 0 Å². The number of aliphatic carboxylic acids is 1. The third kappa shape index (κ3) is 5.54. The highest BCUT2D eigenvalue weighted by Gasteiger charge is 2.24. The summed E-state index contributed by atoms with van der Waals surface area (Å²) in [6.07, 6.45) is 0. The van der Waals surface area contributed by atoms with Gasteiger partial charge in [-0.25, -0.2) is 8.42 Å². The zero-order chi connectivity index (χ0) is 19.2. The Labute approximate surface area is 149 Å². The molecule has 0 radical (unpaired) electrons. The Balaban J connectivity index is 3.21. The van der Waals surface area contributed by atoms with Crippen LogP contribution in [0.1, 0.15) is 38.1 Å². The summed E-state index contributed by atoms with van der Waals surface area (Å²) < 4.78 is 26.5. The van der Waals surface area contributed by atoms with Gasteiger partial charge in [0, 0.05) is 25.2 Å². The third-order valence-corrected chi connectivity index (χ3v) is 5.67. The molecular weight excluding hydrogens is 344 g/mol. The van der Waals surface area contributed by atoms with E-state index in [4.69, 9.17) is 5.11 Å². The highest BCUT2D eigenvalue weighted by molar-refractivity contribution is 7.89. The van der Waals surface area contributed by atoms with Crippen LogP contribution in [0.3, 0.4) is 0 Å². The molecule has 1 amide bonds. The number of carboxylic acids is 1. The summed E-state index contributed by atoms with van der Waals surface area (Å²) in [6.45, 7) is 7.75. The molecule has 0 atom stereocenters. The highest BCUT2D eigenvalue weighted by Crippen LogP contribution is 2.18. The van der Waals surface area contributed by atoms with E-state index in [0.29, 0.717) is 13.1 Å². The minimum atomic E-state index is -3.68. The molecule has 0 spiro atoms. The average Bonchev–Trinajstić information content (AvgIpc) is 2.53. The number of carbonyl (C=O) groups excluding carboxylic acids is 1.